The fourth-order valence-electron chi connectivity index (χ4n) is 3.86. The highest BCUT2D eigenvalue weighted by Gasteiger charge is 2.56. The monoisotopic (exact) mass is 291 g/mol. The molecule has 1 aromatic carbocycles. The predicted octanol–water partition coefficient (Wildman–Crippen LogP) is 3.60. The molecular formula is C20H26BN. The molecule has 0 atom stereocenters. The van der Waals surface area contributed by atoms with E-state index < -0.39 is 0 Å². The van der Waals surface area contributed by atoms with E-state index in [4.69, 9.17) is 0 Å². The van der Waals surface area contributed by atoms with Gasteiger partial charge in [0.05, 0.1) is 5.69 Å². The molecule has 0 unspecified atom stereocenters. The molecule has 0 N–H and O–H groups in total. The summed E-state index contributed by atoms with van der Waals surface area (Å²) in [7, 11) is 2.08. The molecule has 1 nitrogen and oxygen atoms in total. The van der Waals surface area contributed by atoms with Gasteiger partial charge in [-0.15, -0.1) is 0 Å². The lowest BCUT2D eigenvalue weighted by molar-refractivity contribution is 0.125. The Hall–Kier alpha value is -1.57. The molecule has 0 radical (unpaired) electrons. The average molecular weight is 291 g/mol. The fourth-order valence-corrected chi connectivity index (χ4v) is 3.86. The largest absolute Gasteiger partial charge is 0.257 e. The highest BCUT2D eigenvalue weighted by atomic mass is 14.7. The third kappa shape index (κ3) is 1.82. The Bertz CT molecular complexity index is 724. The summed E-state index contributed by atoms with van der Waals surface area (Å²) in [5, 5.41) is 0. The van der Waals surface area contributed by atoms with Gasteiger partial charge in [0.2, 0.25) is 0 Å². The Morgan fingerprint density at radius 3 is 2.05 bits per heavy atom. The molecule has 0 spiro atoms. The van der Waals surface area contributed by atoms with Crippen molar-refractivity contribution in [2.24, 2.45) is 5.41 Å². The first-order valence-corrected chi connectivity index (χ1v) is 8.17. The van der Waals surface area contributed by atoms with E-state index in [1.807, 2.05) is 6.20 Å². The van der Waals surface area contributed by atoms with Gasteiger partial charge in [-0.3, -0.25) is 4.98 Å². The molecule has 0 bridgehead atoms. The summed E-state index contributed by atoms with van der Waals surface area (Å²) < 4.78 is 0. The average Bonchev–Trinajstić information content (AvgIpc) is 2.56. The van der Waals surface area contributed by atoms with E-state index in [9.17, 15) is 0 Å². The summed E-state index contributed by atoms with van der Waals surface area (Å²) in [6, 6.07) is 11.2. The van der Waals surface area contributed by atoms with Crippen LogP contribution in [0.25, 0.3) is 11.3 Å². The molecule has 0 aliphatic heterocycles. The van der Waals surface area contributed by atoms with Gasteiger partial charge in [0.15, 0.2) is 0 Å². The third-order valence-electron chi connectivity index (χ3n) is 6.70. The first-order chi connectivity index (χ1) is 10.1. The quantitative estimate of drug-likeness (QED) is 0.732. The van der Waals surface area contributed by atoms with Crippen LogP contribution in [0.4, 0.5) is 0 Å². The zero-order valence-electron chi connectivity index (χ0n) is 14.9. The molecule has 1 heterocycles. The van der Waals surface area contributed by atoms with E-state index in [0.717, 1.165) is 5.69 Å². The van der Waals surface area contributed by atoms with Crippen molar-refractivity contribution in [2.45, 2.75) is 52.4 Å². The summed E-state index contributed by atoms with van der Waals surface area (Å²) >= 11 is 0. The smallest absolute Gasteiger partial charge is 0.141 e. The summed E-state index contributed by atoms with van der Waals surface area (Å²) in [6.07, 6.45) is 1.95. The van der Waals surface area contributed by atoms with Crippen LogP contribution in [0, 0.1) is 5.41 Å². The predicted molar refractivity (Wildman–Crippen MR) is 97.7 cm³/mol. The molecule has 1 aromatic heterocycles. The Kier molecular flexibility index (Phi) is 3.12. The fraction of sp³-hybridized carbons (Fsp3) is 0.450. The summed E-state index contributed by atoms with van der Waals surface area (Å²) in [6.45, 7) is 14.3. The van der Waals surface area contributed by atoms with Gasteiger partial charge in [-0.25, -0.2) is 0 Å². The van der Waals surface area contributed by atoms with E-state index in [0.29, 0.717) is 0 Å². The molecule has 0 saturated heterocycles. The van der Waals surface area contributed by atoms with E-state index in [1.54, 1.807) is 0 Å². The maximum Gasteiger partial charge on any atom is 0.141 e. The molecule has 22 heavy (non-hydrogen) atoms. The van der Waals surface area contributed by atoms with Gasteiger partial charge in [-0.2, -0.15) is 0 Å². The number of hydrogen-bond donors (Lipinski definition) is 0. The zero-order valence-corrected chi connectivity index (χ0v) is 14.9. The normalized spacial score (nSPS) is 20.6. The first-order valence-electron chi connectivity index (χ1n) is 8.17. The molecule has 114 valence electrons. The summed E-state index contributed by atoms with van der Waals surface area (Å²) in [5.41, 5.74) is 6.97. The summed E-state index contributed by atoms with van der Waals surface area (Å²) in [4.78, 5) is 4.59. The number of benzene rings is 1. The molecule has 2 aromatic rings. The van der Waals surface area contributed by atoms with Crippen molar-refractivity contribution >= 4 is 13.3 Å². The van der Waals surface area contributed by atoms with Gasteiger partial charge in [-0.05, 0) is 39.5 Å². The lowest BCUT2D eigenvalue weighted by Gasteiger charge is -2.44. The lowest BCUT2D eigenvalue weighted by Crippen LogP contribution is -2.42. The van der Waals surface area contributed by atoms with E-state index in [-0.39, 0.29) is 16.2 Å². The molecule has 3 rings (SSSR count). The van der Waals surface area contributed by atoms with E-state index >= 15 is 0 Å². The minimum atomic E-state index is 0.145. The second-order valence-corrected chi connectivity index (χ2v) is 8.36. The number of hydrogen-bond acceptors (Lipinski definition) is 1. The number of pyridine rings is 1. The number of fused-ring (bicyclic) bond motifs is 1. The van der Waals surface area contributed by atoms with Crippen LogP contribution in [-0.2, 0) is 10.8 Å². The minimum Gasteiger partial charge on any atom is -0.257 e. The van der Waals surface area contributed by atoms with Crippen molar-refractivity contribution in [3.05, 3.63) is 47.7 Å². The van der Waals surface area contributed by atoms with E-state index in [1.165, 1.54) is 22.2 Å². The van der Waals surface area contributed by atoms with Gasteiger partial charge in [-0.1, -0.05) is 65.2 Å². The Labute approximate surface area is 135 Å². The van der Waals surface area contributed by atoms with Crippen molar-refractivity contribution in [3.63, 3.8) is 0 Å². The maximum absolute atomic E-state index is 4.59. The molecule has 0 amide bonds. The topological polar surface area (TPSA) is 12.9 Å². The molecule has 0 saturated carbocycles. The number of rotatable bonds is 1. The SMILES string of the molecule is Bc1ccc(-c2ccc3c(c2)C(C)(C)C(C)(C)C3(C)C)nc1. The lowest BCUT2D eigenvalue weighted by atomic mass is 9.59. The van der Waals surface area contributed by atoms with Gasteiger partial charge in [0.25, 0.3) is 0 Å². The van der Waals surface area contributed by atoms with Crippen LogP contribution in [0.5, 0.6) is 0 Å². The number of nitrogens with zero attached hydrogens (tertiary/aromatic N) is 1. The van der Waals surface area contributed by atoms with Crippen LogP contribution < -0.4 is 5.46 Å². The van der Waals surface area contributed by atoms with Crippen molar-refractivity contribution < 1.29 is 0 Å². The van der Waals surface area contributed by atoms with Gasteiger partial charge in [0, 0.05) is 11.8 Å². The standard InChI is InChI=1S/C20H26BN/c1-18(2)15-9-7-13(17-10-8-14(21)12-22-17)11-16(15)19(3,4)20(18,5)6/h7-12H,21H2,1-6H3. The molecular weight excluding hydrogens is 265 g/mol. The van der Waals surface area contributed by atoms with Crippen LogP contribution in [-0.4, -0.2) is 12.8 Å². The second-order valence-electron chi connectivity index (χ2n) is 8.36. The molecule has 1 aliphatic rings. The zero-order chi connectivity index (χ0) is 16.3. The molecule has 2 heteroatoms. The van der Waals surface area contributed by atoms with Crippen molar-refractivity contribution in [3.8, 4) is 11.3 Å². The van der Waals surface area contributed by atoms with Crippen LogP contribution in [0.3, 0.4) is 0 Å². The molecule has 0 fully saturated rings. The van der Waals surface area contributed by atoms with Gasteiger partial charge >= 0.3 is 0 Å². The Morgan fingerprint density at radius 2 is 1.45 bits per heavy atom. The maximum atomic E-state index is 4.59. The van der Waals surface area contributed by atoms with E-state index in [2.05, 4.69) is 84.7 Å². The van der Waals surface area contributed by atoms with Crippen molar-refractivity contribution in [2.75, 3.05) is 0 Å². The Morgan fingerprint density at radius 1 is 0.818 bits per heavy atom. The summed E-state index contributed by atoms with van der Waals surface area (Å²) in [5.74, 6) is 0. The minimum absolute atomic E-state index is 0.145. The molecule has 1 aliphatic carbocycles. The van der Waals surface area contributed by atoms with Crippen LogP contribution in [0.1, 0.15) is 52.7 Å². The first kappa shape index (κ1) is 15.3. The third-order valence-corrected chi connectivity index (χ3v) is 6.70. The highest BCUT2D eigenvalue weighted by molar-refractivity contribution is 6.32. The van der Waals surface area contributed by atoms with Crippen LogP contribution in [0.2, 0.25) is 0 Å². The van der Waals surface area contributed by atoms with Gasteiger partial charge < -0.3 is 0 Å². The van der Waals surface area contributed by atoms with Gasteiger partial charge in [0.1, 0.15) is 7.85 Å². The highest BCUT2D eigenvalue weighted by Crippen LogP contribution is 2.61. The Balaban J connectivity index is 2.19. The number of aromatic nitrogens is 1. The van der Waals surface area contributed by atoms with Crippen LogP contribution >= 0.6 is 0 Å². The van der Waals surface area contributed by atoms with Crippen molar-refractivity contribution in [1.29, 1.82) is 0 Å². The van der Waals surface area contributed by atoms with Crippen LogP contribution in [0.15, 0.2) is 36.5 Å². The second kappa shape index (κ2) is 4.47. The van der Waals surface area contributed by atoms with Crippen molar-refractivity contribution in [1.82, 2.24) is 4.98 Å².